The molecule has 0 spiro atoms. The molecule has 23 heavy (non-hydrogen) atoms. The van der Waals surface area contributed by atoms with E-state index < -0.39 is 6.10 Å². The normalized spacial score (nSPS) is 18.0. The maximum absolute atomic E-state index is 10.2. The van der Waals surface area contributed by atoms with Crippen LogP contribution in [0.5, 0.6) is 0 Å². The molecule has 0 aliphatic carbocycles. The van der Waals surface area contributed by atoms with Crippen molar-refractivity contribution in [1.29, 1.82) is 0 Å². The highest BCUT2D eigenvalue weighted by molar-refractivity contribution is 5.17. The quantitative estimate of drug-likeness (QED) is 0.861. The van der Waals surface area contributed by atoms with Crippen LogP contribution in [0.15, 0.2) is 60.7 Å². The average molecular weight is 310 g/mol. The molecule has 1 atom stereocenters. The van der Waals surface area contributed by atoms with Crippen molar-refractivity contribution in [3.05, 3.63) is 71.8 Å². The van der Waals surface area contributed by atoms with Gasteiger partial charge in [-0.15, -0.1) is 0 Å². The summed E-state index contributed by atoms with van der Waals surface area (Å²) in [7, 11) is 0. The van der Waals surface area contributed by atoms with Crippen LogP contribution in [-0.4, -0.2) is 35.7 Å². The highest BCUT2D eigenvalue weighted by atomic mass is 16.3. The van der Waals surface area contributed by atoms with Crippen molar-refractivity contribution in [3.8, 4) is 0 Å². The summed E-state index contributed by atoms with van der Waals surface area (Å²) in [5.74, 6) is 0. The number of aliphatic hydroxyl groups excluding tert-OH is 1. The molecule has 1 unspecified atom stereocenters. The predicted octanol–water partition coefficient (Wildman–Crippen LogP) is 2.97. The van der Waals surface area contributed by atoms with Crippen LogP contribution in [0.4, 0.5) is 0 Å². The van der Waals surface area contributed by atoms with Gasteiger partial charge in [0.2, 0.25) is 0 Å². The average Bonchev–Trinajstić information content (AvgIpc) is 2.62. The molecule has 3 nitrogen and oxygen atoms in total. The van der Waals surface area contributed by atoms with Gasteiger partial charge in [-0.25, -0.2) is 0 Å². The molecule has 0 amide bonds. The summed E-state index contributed by atoms with van der Waals surface area (Å²) in [4.78, 5) is 2.52. The lowest BCUT2D eigenvalue weighted by Gasteiger charge is -2.33. The van der Waals surface area contributed by atoms with Crippen molar-refractivity contribution in [3.63, 3.8) is 0 Å². The standard InChI is InChI=1S/C20H26N2O/c23-20(18-9-5-2-6-10-18)15-21-19-11-13-22(14-12-19)16-17-7-3-1-4-8-17/h1-10,19-21,23H,11-16H2. The highest BCUT2D eigenvalue weighted by Crippen LogP contribution is 2.16. The zero-order valence-electron chi connectivity index (χ0n) is 13.6. The molecule has 2 aromatic rings. The molecule has 2 N–H and O–H groups in total. The molecule has 0 saturated carbocycles. The molecule has 0 bridgehead atoms. The Morgan fingerprint density at radius 3 is 2.22 bits per heavy atom. The summed E-state index contributed by atoms with van der Waals surface area (Å²) in [5.41, 5.74) is 2.37. The van der Waals surface area contributed by atoms with Gasteiger partial charge in [-0.3, -0.25) is 4.90 Å². The summed E-state index contributed by atoms with van der Waals surface area (Å²) >= 11 is 0. The first-order valence-corrected chi connectivity index (χ1v) is 8.54. The van der Waals surface area contributed by atoms with Gasteiger partial charge < -0.3 is 10.4 Å². The molecular formula is C20H26N2O. The van der Waals surface area contributed by atoms with Crippen LogP contribution in [0.1, 0.15) is 30.1 Å². The Balaban J connectivity index is 1.39. The highest BCUT2D eigenvalue weighted by Gasteiger charge is 2.19. The van der Waals surface area contributed by atoms with E-state index in [1.165, 1.54) is 5.56 Å². The van der Waals surface area contributed by atoms with Crippen LogP contribution in [0.2, 0.25) is 0 Å². The summed E-state index contributed by atoms with van der Waals surface area (Å²) in [6, 6.07) is 21.1. The minimum Gasteiger partial charge on any atom is -0.387 e. The van der Waals surface area contributed by atoms with Crippen molar-refractivity contribution >= 4 is 0 Å². The van der Waals surface area contributed by atoms with Crippen molar-refractivity contribution in [2.45, 2.75) is 31.5 Å². The second-order valence-electron chi connectivity index (χ2n) is 6.37. The number of hydrogen-bond acceptors (Lipinski definition) is 3. The molecule has 1 aliphatic rings. The Morgan fingerprint density at radius 2 is 1.57 bits per heavy atom. The third kappa shape index (κ3) is 4.90. The van der Waals surface area contributed by atoms with Gasteiger partial charge in [0.1, 0.15) is 0 Å². The monoisotopic (exact) mass is 310 g/mol. The maximum atomic E-state index is 10.2. The van der Waals surface area contributed by atoms with Gasteiger partial charge in [0.05, 0.1) is 6.10 Å². The fourth-order valence-electron chi connectivity index (χ4n) is 3.21. The number of aliphatic hydroxyl groups is 1. The van der Waals surface area contributed by atoms with Crippen molar-refractivity contribution < 1.29 is 5.11 Å². The molecule has 122 valence electrons. The molecule has 1 aliphatic heterocycles. The van der Waals surface area contributed by atoms with Gasteiger partial charge in [0.25, 0.3) is 0 Å². The van der Waals surface area contributed by atoms with E-state index in [1.807, 2.05) is 30.3 Å². The number of nitrogens with zero attached hydrogens (tertiary/aromatic N) is 1. The van der Waals surface area contributed by atoms with E-state index in [2.05, 4.69) is 40.5 Å². The van der Waals surface area contributed by atoms with Crippen molar-refractivity contribution in [2.75, 3.05) is 19.6 Å². The third-order valence-corrected chi connectivity index (χ3v) is 4.62. The first kappa shape index (κ1) is 16.2. The van der Waals surface area contributed by atoms with E-state index in [-0.39, 0.29) is 0 Å². The molecule has 1 heterocycles. The van der Waals surface area contributed by atoms with Gasteiger partial charge in [-0.05, 0) is 37.1 Å². The number of likely N-dealkylation sites (tertiary alicyclic amines) is 1. The van der Waals surface area contributed by atoms with Gasteiger partial charge in [0.15, 0.2) is 0 Å². The van der Waals surface area contributed by atoms with Gasteiger partial charge in [-0.1, -0.05) is 60.7 Å². The van der Waals surface area contributed by atoms with Gasteiger partial charge in [0, 0.05) is 19.1 Å². The zero-order valence-corrected chi connectivity index (χ0v) is 13.6. The molecular weight excluding hydrogens is 284 g/mol. The number of rotatable bonds is 6. The lowest BCUT2D eigenvalue weighted by Crippen LogP contribution is -2.43. The van der Waals surface area contributed by atoms with E-state index in [0.717, 1.165) is 38.0 Å². The van der Waals surface area contributed by atoms with Crippen molar-refractivity contribution in [2.24, 2.45) is 0 Å². The molecule has 0 radical (unpaired) electrons. The van der Waals surface area contributed by atoms with Crippen LogP contribution in [-0.2, 0) is 6.54 Å². The van der Waals surface area contributed by atoms with E-state index in [4.69, 9.17) is 0 Å². The lowest BCUT2D eigenvalue weighted by atomic mass is 10.0. The SMILES string of the molecule is OC(CNC1CCN(Cc2ccccc2)CC1)c1ccccc1. The second kappa shape index (κ2) is 8.25. The fourth-order valence-corrected chi connectivity index (χ4v) is 3.21. The molecule has 2 aromatic carbocycles. The molecule has 3 rings (SSSR count). The molecule has 0 aromatic heterocycles. The fraction of sp³-hybridized carbons (Fsp3) is 0.400. The minimum absolute atomic E-state index is 0.418. The lowest BCUT2D eigenvalue weighted by molar-refractivity contribution is 0.149. The van der Waals surface area contributed by atoms with E-state index in [0.29, 0.717) is 12.6 Å². The van der Waals surface area contributed by atoms with Crippen LogP contribution in [0.3, 0.4) is 0 Å². The largest absolute Gasteiger partial charge is 0.387 e. The van der Waals surface area contributed by atoms with Gasteiger partial charge >= 0.3 is 0 Å². The maximum Gasteiger partial charge on any atom is 0.0914 e. The Bertz CT molecular complexity index is 565. The van der Waals surface area contributed by atoms with Crippen LogP contribution in [0, 0.1) is 0 Å². The third-order valence-electron chi connectivity index (χ3n) is 4.62. The summed E-state index contributed by atoms with van der Waals surface area (Å²) in [5, 5.41) is 13.8. The second-order valence-corrected chi connectivity index (χ2v) is 6.37. The molecule has 3 heteroatoms. The summed E-state index contributed by atoms with van der Waals surface area (Å²) in [6.07, 6.45) is 1.88. The zero-order chi connectivity index (χ0) is 15.9. The minimum atomic E-state index is -0.418. The first-order chi connectivity index (χ1) is 11.3. The number of hydrogen-bond donors (Lipinski definition) is 2. The van der Waals surface area contributed by atoms with Crippen LogP contribution >= 0.6 is 0 Å². The number of benzene rings is 2. The van der Waals surface area contributed by atoms with Crippen LogP contribution < -0.4 is 5.32 Å². The van der Waals surface area contributed by atoms with E-state index in [9.17, 15) is 5.11 Å². The Kier molecular flexibility index (Phi) is 5.81. The van der Waals surface area contributed by atoms with Gasteiger partial charge in [-0.2, -0.15) is 0 Å². The Morgan fingerprint density at radius 1 is 0.957 bits per heavy atom. The Labute approximate surface area is 139 Å². The molecule has 1 fully saturated rings. The number of piperidine rings is 1. The smallest absolute Gasteiger partial charge is 0.0914 e. The summed E-state index contributed by atoms with van der Waals surface area (Å²) < 4.78 is 0. The topological polar surface area (TPSA) is 35.5 Å². The van der Waals surface area contributed by atoms with E-state index >= 15 is 0 Å². The predicted molar refractivity (Wildman–Crippen MR) is 94.1 cm³/mol. The van der Waals surface area contributed by atoms with Crippen molar-refractivity contribution in [1.82, 2.24) is 10.2 Å². The Hall–Kier alpha value is -1.68. The summed E-state index contributed by atoms with van der Waals surface area (Å²) in [6.45, 7) is 3.91. The van der Waals surface area contributed by atoms with Crippen LogP contribution in [0.25, 0.3) is 0 Å². The molecule has 1 saturated heterocycles. The van der Waals surface area contributed by atoms with E-state index in [1.54, 1.807) is 0 Å². The first-order valence-electron chi connectivity index (χ1n) is 8.54. The number of nitrogens with one attached hydrogen (secondary N) is 1.